The smallest absolute Gasteiger partial charge is 0.417 e. The van der Waals surface area contributed by atoms with Crippen LogP contribution in [0.2, 0.25) is 0 Å². The van der Waals surface area contributed by atoms with E-state index in [0.717, 1.165) is 31.3 Å². The number of hydrogen-bond donors (Lipinski definition) is 0. The zero-order valence-electron chi connectivity index (χ0n) is 11.0. The molecule has 100 valence electrons. The van der Waals surface area contributed by atoms with Gasteiger partial charge in [0, 0.05) is 18.0 Å². The van der Waals surface area contributed by atoms with E-state index in [4.69, 9.17) is 0 Å². The molecule has 2 aliphatic rings. The number of ether oxygens (including phenoxy) is 1. The van der Waals surface area contributed by atoms with Crippen LogP contribution in [0.25, 0.3) is 0 Å². The van der Waals surface area contributed by atoms with Crippen molar-refractivity contribution in [1.82, 2.24) is 4.90 Å². The standard InChI is InChI=1S/C15H17NO3/c1-19-15(18)16-10-6-5-9-13(11-16)14(17)12-7-3-2-4-8-12/h5-7,9-11H,2-4,8H2,1H3. The molecule has 0 saturated carbocycles. The van der Waals surface area contributed by atoms with E-state index in [1.165, 1.54) is 18.2 Å². The van der Waals surface area contributed by atoms with Crippen LogP contribution in [0.4, 0.5) is 4.79 Å². The predicted molar refractivity (Wildman–Crippen MR) is 72.2 cm³/mol. The molecule has 0 bridgehead atoms. The van der Waals surface area contributed by atoms with E-state index in [2.05, 4.69) is 4.74 Å². The molecule has 4 nitrogen and oxygen atoms in total. The molecule has 0 radical (unpaired) electrons. The molecule has 0 unspecified atom stereocenters. The number of amides is 1. The van der Waals surface area contributed by atoms with Crippen molar-refractivity contribution in [1.29, 1.82) is 0 Å². The van der Waals surface area contributed by atoms with E-state index in [9.17, 15) is 9.59 Å². The van der Waals surface area contributed by atoms with Crippen LogP contribution in [0.5, 0.6) is 0 Å². The van der Waals surface area contributed by atoms with Gasteiger partial charge < -0.3 is 4.74 Å². The van der Waals surface area contributed by atoms with E-state index < -0.39 is 6.09 Å². The highest BCUT2D eigenvalue weighted by molar-refractivity contribution is 6.10. The number of methoxy groups -OCH3 is 1. The van der Waals surface area contributed by atoms with Crippen LogP contribution in [0.3, 0.4) is 0 Å². The molecule has 1 aliphatic carbocycles. The molecule has 0 aromatic heterocycles. The van der Waals surface area contributed by atoms with Gasteiger partial charge in [0.1, 0.15) is 0 Å². The molecule has 19 heavy (non-hydrogen) atoms. The molecule has 0 aromatic rings. The lowest BCUT2D eigenvalue weighted by molar-refractivity contribution is -0.112. The van der Waals surface area contributed by atoms with Crippen LogP contribution < -0.4 is 0 Å². The maximum Gasteiger partial charge on any atom is 0.417 e. The first-order valence-corrected chi connectivity index (χ1v) is 6.39. The fourth-order valence-electron chi connectivity index (χ4n) is 2.12. The fraction of sp³-hybridized carbons (Fsp3) is 0.333. The van der Waals surface area contributed by atoms with Gasteiger partial charge in [-0.3, -0.25) is 9.69 Å². The zero-order chi connectivity index (χ0) is 13.7. The Morgan fingerprint density at radius 2 is 2.11 bits per heavy atom. The Morgan fingerprint density at radius 3 is 2.79 bits per heavy atom. The first kappa shape index (κ1) is 13.3. The van der Waals surface area contributed by atoms with E-state index in [0.29, 0.717) is 5.57 Å². The monoisotopic (exact) mass is 259 g/mol. The van der Waals surface area contributed by atoms with Gasteiger partial charge in [-0.05, 0) is 43.4 Å². The number of ketones is 1. The molecular formula is C15H17NO3. The average molecular weight is 259 g/mol. The third-order valence-corrected chi connectivity index (χ3v) is 3.14. The maximum atomic E-state index is 12.4. The number of carbonyl (C=O) groups is 2. The minimum absolute atomic E-state index is 0.00597. The third-order valence-electron chi connectivity index (χ3n) is 3.14. The van der Waals surface area contributed by atoms with Crippen molar-refractivity contribution < 1.29 is 14.3 Å². The lowest BCUT2D eigenvalue weighted by Gasteiger charge is -2.14. The van der Waals surface area contributed by atoms with E-state index in [-0.39, 0.29) is 5.78 Å². The number of hydrogen-bond acceptors (Lipinski definition) is 3. The second-order valence-corrected chi connectivity index (χ2v) is 4.47. The lowest BCUT2D eigenvalue weighted by atomic mass is 9.93. The predicted octanol–water partition coefficient (Wildman–Crippen LogP) is 3.09. The van der Waals surface area contributed by atoms with Crippen LogP contribution >= 0.6 is 0 Å². The van der Waals surface area contributed by atoms with Crippen LogP contribution in [0, 0.1) is 0 Å². The second-order valence-electron chi connectivity index (χ2n) is 4.47. The van der Waals surface area contributed by atoms with Crippen LogP contribution in [-0.2, 0) is 9.53 Å². The molecular weight excluding hydrogens is 242 g/mol. The van der Waals surface area contributed by atoms with Crippen molar-refractivity contribution in [2.45, 2.75) is 25.7 Å². The van der Waals surface area contributed by atoms with Gasteiger partial charge in [-0.2, -0.15) is 0 Å². The van der Waals surface area contributed by atoms with Crippen LogP contribution in [-0.4, -0.2) is 23.9 Å². The fourth-order valence-corrected chi connectivity index (χ4v) is 2.12. The Morgan fingerprint density at radius 1 is 1.26 bits per heavy atom. The summed E-state index contributed by atoms with van der Waals surface area (Å²) in [6, 6.07) is 0. The van der Waals surface area contributed by atoms with E-state index in [1.807, 2.05) is 6.08 Å². The number of carbonyl (C=O) groups excluding carboxylic acids is 2. The summed E-state index contributed by atoms with van der Waals surface area (Å²) in [6.07, 6.45) is 13.7. The Labute approximate surface area is 112 Å². The molecule has 4 heteroatoms. The average Bonchev–Trinajstić information content (AvgIpc) is 2.72. The normalized spacial score (nSPS) is 18.5. The Balaban J connectivity index is 2.22. The van der Waals surface area contributed by atoms with E-state index in [1.54, 1.807) is 24.4 Å². The summed E-state index contributed by atoms with van der Waals surface area (Å²) in [5, 5.41) is 0. The quantitative estimate of drug-likeness (QED) is 0.765. The van der Waals surface area contributed by atoms with Gasteiger partial charge in [-0.1, -0.05) is 12.2 Å². The number of allylic oxidation sites excluding steroid dienone is 6. The Kier molecular flexibility index (Phi) is 4.34. The molecule has 0 fully saturated rings. The summed E-state index contributed by atoms with van der Waals surface area (Å²) in [4.78, 5) is 25.2. The molecule has 0 saturated heterocycles. The van der Waals surface area contributed by atoms with Gasteiger partial charge >= 0.3 is 6.09 Å². The molecule has 1 amide bonds. The van der Waals surface area contributed by atoms with Gasteiger partial charge in [0.25, 0.3) is 0 Å². The maximum absolute atomic E-state index is 12.4. The van der Waals surface area contributed by atoms with Crippen LogP contribution in [0.1, 0.15) is 25.7 Å². The second kappa shape index (κ2) is 6.18. The van der Waals surface area contributed by atoms with Crippen molar-refractivity contribution in [2.75, 3.05) is 7.11 Å². The molecule has 1 heterocycles. The van der Waals surface area contributed by atoms with E-state index >= 15 is 0 Å². The number of Topliss-reactive ketones (excluding diaryl/α,β-unsaturated/α-hetero) is 1. The van der Waals surface area contributed by atoms with Gasteiger partial charge in [-0.15, -0.1) is 0 Å². The summed E-state index contributed by atoms with van der Waals surface area (Å²) in [5.41, 5.74) is 1.34. The first-order chi connectivity index (χ1) is 9.22. The Hall–Kier alpha value is -2.10. The van der Waals surface area contributed by atoms with Gasteiger partial charge in [0.2, 0.25) is 0 Å². The lowest BCUT2D eigenvalue weighted by Crippen LogP contribution is -2.21. The molecule has 0 aromatic carbocycles. The SMILES string of the molecule is COC(=O)N1C=CC=CC(C(=O)C2=CCCCC2)=C1. The topological polar surface area (TPSA) is 46.6 Å². The number of rotatable bonds is 2. The highest BCUT2D eigenvalue weighted by atomic mass is 16.5. The first-order valence-electron chi connectivity index (χ1n) is 6.39. The summed E-state index contributed by atoms with van der Waals surface area (Å²) in [5.74, 6) is -0.00597. The minimum atomic E-state index is -0.511. The summed E-state index contributed by atoms with van der Waals surface area (Å²) >= 11 is 0. The van der Waals surface area contributed by atoms with Crippen molar-refractivity contribution in [3.63, 3.8) is 0 Å². The van der Waals surface area contributed by atoms with Crippen molar-refractivity contribution in [2.24, 2.45) is 0 Å². The third kappa shape index (κ3) is 3.22. The zero-order valence-corrected chi connectivity index (χ0v) is 11.0. The molecule has 2 rings (SSSR count). The highest BCUT2D eigenvalue weighted by Crippen LogP contribution is 2.22. The highest BCUT2D eigenvalue weighted by Gasteiger charge is 2.18. The largest absolute Gasteiger partial charge is 0.452 e. The number of nitrogens with zero attached hydrogens (tertiary/aromatic N) is 1. The summed E-state index contributed by atoms with van der Waals surface area (Å²) < 4.78 is 4.66. The van der Waals surface area contributed by atoms with Crippen molar-refractivity contribution >= 4 is 11.9 Å². The van der Waals surface area contributed by atoms with Gasteiger partial charge in [0.05, 0.1) is 7.11 Å². The molecule has 0 atom stereocenters. The Bertz CT molecular complexity index is 498. The van der Waals surface area contributed by atoms with Crippen molar-refractivity contribution in [3.05, 3.63) is 47.9 Å². The molecule has 0 spiro atoms. The van der Waals surface area contributed by atoms with Gasteiger partial charge in [-0.25, -0.2) is 4.79 Å². The van der Waals surface area contributed by atoms with Gasteiger partial charge in [0.15, 0.2) is 5.78 Å². The molecule has 0 N–H and O–H groups in total. The summed E-state index contributed by atoms with van der Waals surface area (Å²) in [7, 11) is 1.31. The van der Waals surface area contributed by atoms with Crippen LogP contribution in [0.15, 0.2) is 47.9 Å². The minimum Gasteiger partial charge on any atom is -0.452 e. The summed E-state index contributed by atoms with van der Waals surface area (Å²) in [6.45, 7) is 0. The van der Waals surface area contributed by atoms with Crippen molar-refractivity contribution in [3.8, 4) is 0 Å². The molecule has 1 aliphatic heterocycles.